The molecule has 0 bridgehead atoms. The van der Waals surface area contributed by atoms with Crippen molar-refractivity contribution in [3.63, 3.8) is 0 Å². The van der Waals surface area contributed by atoms with Gasteiger partial charge in [0.15, 0.2) is 6.19 Å². The lowest BCUT2D eigenvalue weighted by Crippen LogP contribution is -2.09. The average molecular weight is 130 g/mol. The minimum Gasteiger partial charge on any atom is -0.323 e. The second-order valence-electron chi connectivity index (χ2n) is 1.24. The maximum Gasteiger partial charge on any atom is 0.176 e. The van der Waals surface area contributed by atoms with Crippen LogP contribution in [-0.4, -0.2) is 18.1 Å². The van der Waals surface area contributed by atoms with Crippen LogP contribution in [0.5, 0.6) is 0 Å². The third kappa shape index (κ3) is 5.64. The molecule has 2 nitrogen and oxygen atoms in total. The van der Waals surface area contributed by atoms with Crippen LogP contribution in [0, 0.1) is 11.5 Å². The summed E-state index contributed by atoms with van der Waals surface area (Å²) in [4.78, 5) is 0. The molecule has 0 atom stereocenters. The highest BCUT2D eigenvalue weighted by atomic mass is 32.2. The zero-order valence-corrected chi connectivity index (χ0v) is 5.79. The van der Waals surface area contributed by atoms with E-state index in [0.717, 1.165) is 18.1 Å². The number of nitriles is 1. The lowest BCUT2D eigenvalue weighted by atomic mass is 10.8. The molecule has 0 radical (unpaired) electrons. The molecule has 0 aliphatic carbocycles. The number of hydrogen-bond donors (Lipinski definition) is 1. The average Bonchev–Trinajstić information content (AvgIpc) is 1.81. The van der Waals surface area contributed by atoms with E-state index in [9.17, 15) is 0 Å². The molecule has 0 spiro atoms. The summed E-state index contributed by atoms with van der Waals surface area (Å²) in [5.41, 5.74) is 0. The Morgan fingerprint density at radius 2 is 2.50 bits per heavy atom. The van der Waals surface area contributed by atoms with Crippen LogP contribution in [0.1, 0.15) is 6.92 Å². The molecule has 1 N–H and O–H groups in total. The first kappa shape index (κ1) is 7.64. The van der Waals surface area contributed by atoms with Crippen molar-refractivity contribution in [3.05, 3.63) is 0 Å². The molecule has 0 aromatic heterocycles. The minimum absolute atomic E-state index is 0.801. The summed E-state index contributed by atoms with van der Waals surface area (Å²) < 4.78 is 0. The Balaban J connectivity index is 2.65. The number of thioether (sulfide) groups is 1. The maximum absolute atomic E-state index is 8.00. The molecule has 0 heterocycles. The van der Waals surface area contributed by atoms with Crippen molar-refractivity contribution in [2.75, 3.05) is 18.1 Å². The third-order valence-corrected chi connectivity index (χ3v) is 1.56. The Morgan fingerprint density at radius 3 is 3.00 bits per heavy atom. The van der Waals surface area contributed by atoms with Crippen molar-refractivity contribution in [2.45, 2.75) is 6.92 Å². The number of nitrogens with one attached hydrogen (secondary N) is 1. The van der Waals surface area contributed by atoms with Crippen molar-refractivity contribution < 1.29 is 0 Å². The summed E-state index contributed by atoms with van der Waals surface area (Å²) >= 11 is 1.83. The van der Waals surface area contributed by atoms with E-state index in [1.807, 2.05) is 18.0 Å². The van der Waals surface area contributed by atoms with Gasteiger partial charge >= 0.3 is 0 Å². The zero-order valence-electron chi connectivity index (χ0n) is 4.98. The molecule has 0 saturated carbocycles. The van der Waals surface area contributed by atoms with E-state index < -0.39 is 0 Å². The summed E-state index contributed by atoms with van der Waals surface area (Å²) in [6.45, 7) is 2.91. The van der Waals surface area contributed by atoms with Crippen LogP contribution >= 0.6 is 11.8 Å². The first-order chi connectivity index (χ1) is 3.91. The van der Waals surface area contributed by atoms with Gasteiger partial charge in [0, 0.05) is 12.3 Å². The number of hydrogen-bond acceptors (Lipinski definition) is 3. The van der Waals surface area contributed by atoms with Crippen molar-refractivity contribution in [3.8, 4) is 6.19 Å². The second-order valence-corrected chi connectivity index (χ2v) is 2.63. The number of nitrogens with zero attached hydrogens (tertiary/aromatic N) is 1. The molecule has 0 amide bonds. The SMILES string of the molecule is CCSCCNC#N. The van der Waals surface area contributed by atoms with Crippen molar-refractivity contribution in [1.29, 1.82) is 5.26 Å². The van der Waals surface area contributed by atoms with Crippen LogP contribution in [0.2, 0.25) is 0 Å². The highest BCUT2D eigenvalue weighted by Crippen LogP contribution is 1.94. The van der Waals surface area contributed by atoms with Crippen LogP contribution in [-0.2, 0) is 0 Å². The van der Waals surface area contributed by atoms with Gasteiger partial charge in [0.25, 0.3) is 0 Å². The zero-order chi connectivity index (χ0) is 6.24. The van der Waals surface area contributed by atoms with Crippen LogP contribution in [0.4, 0.5) is 0 Å². The molecule has 0 aromatic rings. The molecule has 8 heavy (non-hydrogen) atoms. The highest BCUT2D eigenvalue weighted by Gasteiger charge is 1.80. The monoisotopic (exact) mass is 130 g/mol. The van der Waals surface area contributed by atoms with Gasteiger partial charge in [-0.25, -0.2) is 0 Å². The molecular weight excluding hydrogens is 120 g/mol. The summed E-state index contributed by atoms with van der Waals surface area (Å²) in [5, 5.41) is 10.6. The van der Waals surface area contributed by atoms with Gasteiger partial charge in [-0.15, -0.1) is 0 Å². The first-order valence-corrected chi connectivity index (χ1v) is 3.77. The Morgan fingerprint density at radius 1 is 1.75 bits per heavy atom. The summed E-state index contributed by atoms with van der Waals surface area (Å²) in [6, 6.07) is 0. The summed E-state index contributed by atoms with van der Waals surface area (Å²) in [7, 11) is 0. The standard InChI is InChI=1S/C5H10N2S/c1-2-8-4-3-7-5-6/h7H,2-4H2,1H3. The quantitative estimate of drug-likeness (QED) is 0.347. The molecule has 0 rings (SSSR count). The fourth-order valence-corrected chi connectivity index (χ4v) is 0.859. The fourth-order valence-electron chi connectivity index (χ4n) is 0.323. The number of rotatable bonds is 4. The summed E-state index contributed by atoms with van der Waals surface area (Å²) in [5.74, 6) is 2.16. The molecule has 0 fully saturated rings. The van der Waals surface area contributed by atoms with E-state index >= 15 is 0 Å². The molecule has 0 unspecified atom stereocenters. The van der Waals surface area contributed by atoms with E-state index in [4.69, 9.17) is 5.26 Å². The van der Waals surface area contributed by atoms with E-state index in [-0.39, 0.29) is 0 Å². The third-order valence-electron chi connectivity index (χ3n) is 0.655. The molecule has 0 saturated heterocycles. The fraction of sp³-hybridized carbons (Fsp3) is 0.800. The van der Waals surface area contributed by atoms with E-state index in [2.05, 4.69) is 12.2 Å². The van der Waals surface area contributed by atoms with Gasteiger partial charge in [-0.1, -0.05) is 6.92 Å². The predicted octanol–water partition coefficient (Wildman–Crippen LogP) is 0.810. The normalized spacial score (nSPS) is 8.00. The molecule has 0 aliphatic rings. The van der Waals surface area contributed by atoms with Crippen LogP contribution in [0.25, 0.3) is 0 Å². The first-order valence-electron chi connectivity index (χ1n) is 2.61. The highest BCUT2D eigenvalue weighted by molar-refractivity contribution is 7.99. The Hall–Kier alpha value is -0.360. The van der Waals surface area contributed by atoms with Gasteiger partial charge < -0.3 is 5.32 Å². The Labute approximate surface area is 54.3 Å². The molecule has 46 valence electrons. The van der Waals surface area contributed by atoms with Crippen molar-refractivity contribution in [2.24, 2.45) is 0 Å². The Kier molecular flexibility index (Phi) is 6.34. The predicted molar refractivity (Wildman–Crippen MR) is 36.6 cm³/mol. The minimum atomic E-state index is 0.801. The van der Waals surface area contributed by atoms with E-state index in [0.29, 0.717) is 0 Å². The second kappa shape index (κ2) is 6.64. The van der Waals surface area contributed by atoms with Gasteiger partial charge in [-0.3, -0.25) is 0 Å². The molecular formula is C5H10N2S. The van der Waals surface area contributed by atoms with Crippen molar-refractivity contribution >= 4 is 11.8 Å². The molecule has 3 heteroatoms. The lowest BCUT2D eigenvalue weighted by Gasteiger charge is -1.92. The largest absolute Gasteiger partial charge is 0.323 e. The van der Waals surface area contributed by atoms with Crippen molar-refractivity contribution in [1.82, 2.24) is 5.32 Å². The lowest BCUT2D eigenvalue weighted by molar-refractivity contribution is 0.943. The molecule has 0 aromatic carbocycles. The van der Waals surface area contributed by atoms with E-state index in [1.165, 1.54) is 0 Å². The van der Waals surface area contributed by atoms with Gasteiger partial charge in [0.05, 0.1) is 0 Å². The van der Waals surface area contributed by atoms with Crippen LogP contribution in [0.3, 0.4) is 0 Å². The summed E-state index contributed by atoms with van der Waals surface area (Å²) in [6.07, 6.45) is 1.86. The molecule has 0 aliphatic heterocycles. The smallest absolute Gasteiger partial charge is 0.176 e. The topological polar surface area (TPSA) is 35.8 Å². The Bertz CT molecular complexity index is 77.0. The van der Waals surface area contributed by atoms with Crippen LogP contribution < -0.4 is 5.32 Å². The van der Waals surface area contributed by atoms with Gasteiger partial charge in [0.1, 0.15) is 0 Å². The van der Waals surface area contributed by atoms with Crippen LogP contribution in [0.15, 0.2) is 0 Å². The van der Waals surface area contributed by atoms with E-state index in [1.54, 1.807) is 0 Å². The van der Waals surface area contributed by atoms with Gasteiger partial charge in [-0.2, -0.15) is 17.0 Å². The maximum atomic E-state index is 8.00. The van der Waals surface area contributed by atoms with Gasteiger partial charge in [0.2, 0.25) is 0 Å². The van der Waals surface area contributed by atoms with Gasteiger partial charge in [-0.05, 0) is 5.75 Å².